The van der Waals surface area contributed by atoms with E-state index in [9.17, 15) is 4.79 Å². The molecule has 36 heavy (non-hydrogen) atoms. The van der Waals surface area contributed by atoms with E-state index in [4.69, 9.17) is 10.5 Å². The van der Waals surface area contributed by atoms with Crippen LogP contribution in [0.15, 0.2) is 54.6 Å². The van der Waals surface area contributed by atoms with Crippen LogP contribution in [0.3, 0.4) is 0 Å². The van der Waals surface area contributed by atoms with Crippen LogP contribution in [0, 0.1) is 20.8 Å². The second-order valence-electron chi connectivity index (χ2n) is 9.95. The third-order valence-electron chi connectivity index (χ3n) is 7.38. The maximum absolute atomic E-state index is 13.7. The standard InChI is InChI=1S/C31H39N3O2/c1-6-34(31(35)27(32)19-25-21(3)15-20(2)16-22(25)4)29-13-14-33-28-12-11-23(18-26(28)29)17-24-9-7-8-10-30(24)36-5/h7-12,15-16,18,27,29,33H,6,13-14,17,19,32H2,1-5H3. The van der Waals surface area contributed by atoms with Crippen molar-refractivity contribution in [3.63, 3.8) is 0 Å². The third kappa shape index (κ3) is 5.41. The van der Waals surface area contributed by atoms with Gasteiger partial charge in [-0.05, 0) is 86.1 Å². The molecule has 4 rings (SSSR count). The number of aryl methyl sites for hydroxylation is 3. The van der Waals surface area contributed by atoms with Crippen molar-refractivity contribution in [2.24, 2.45) is 5.73 Å². The van der Waals surface area contributed by atoms with Crippen LogP contribution in [0.2, 0.25) is 0 Å². The average molecular weight is 486 g/mol. The number of para-hydroxylation sites is 1. The number of fused-ring (bicyclic) bond motifs is 1. The molecule has 1 amide bonds. The first kappa shape index (κ1) is 25.8. The van der Waals surface area contributed by atoms with E-state index < -0.39 is 6.04 Å². The normalized spacial score (nSPS) is 15.6. The Balaban J connectivity index is 1.58. The smallest absolute Gasteiger partial charge is 0.240 e. The summed E-state index contributed by atoms with van der Waals surface area (Å²) in [6.07, 6.45) is 2.19. The molecule has 1 aliphatic heterocycles. The van der Waals surface area contributed by atoms with Gasteiger partial charge in [0.1, 0.15) is 5.75 Å². The highest BCUT2D eigenvalue weighted by atomic mass is 16.5. The molecule has 3 aromatic carbocycles. The number of methoxy groups -OCH3 is 1. The SMILES string of the molecule is CCN(C(=O)C(N)Cc1c(C)cc(C)cc1C)C1CCNc2ccc(Cc3ccccc3OC)cc21. The quantitative estimate of drug-likeness (QED) is 0.443. The lowest BCUT2D eigenvalue weighted by molar-refractivity contribution is -0.135. The van der Waals surface area contributed by atoms with Crippen LogP contribution in [0.4, 0.5) is 5.69 Å². The predicted molar refractivity (Wildman–Crippen MR) is 148 cm³/mol. The van der Waals surface area contributed by atoms with Crippen LogP contribution in [-0.4, -0.2) is 37.0 Å². The van der Waals surface area contributed by atoms with E-state index in [0.29, 0.717) is 13.0 Å². The van der Waals surface area contributed by atoms with Gasteiger partial charge in [-0.1, -0.05) is 48.0 Å². The van der Waals surface area contributed by atoms with Crippen molar-refractivity contribution in [3.05, 3.63) is 93.5 Å². The first-order chi connectivity index (χ1) is 17.3. The lowest BCUT2D eigenvalue weighted by atomic mass is 9.91. The topological polar surface area (TPSA) is 67.6 Å². The highest BCUT2D eigenvalue weighted by Crippen LogP contribution is 2.36. The molecule has 2 unspecified atom stereocenters. The summed E-state index contributed by atoms with van der Waals surface area (Å²) >= 11 is 0. The Bertz CT molecular complexity index is 1210. The van der Waals surface area contributed by atoms with Crippen LogP contribution in [-0.2, 0) is 17.6 Å². The lowest BCUT2D eigenvalue weighted by Crippen LogP contribution is -2.47. The van der Waals surface area contributed by atoms with E-state index in [-0.39, 0.29) is 11.9 Å². The number of ether oxygens (including phenoxy) is 1. The molecule has 5 heteroatoms. The van der Waals surface area contributed by atoms with Crippen molar-refractivity contribution in [3.8, 4) is 5.75 Å². The molecule has 0 aliphatic carbocycles. The molecule has 0 bridgehead atoms. The number of anilines is 1. The number of amides is 1. The van der Waals surface area contributed by atoms with Crippen LogP contribution in [0.5, 0.6) is 5.75 Å². The van der Waals surface area contributed by atoms with Gasteiger partial charge in [-0.2, -0.15) is 0 Å². The number of hydrogen-bond donors (Lipinski definition) is 2. The van der Waals surface area contributed by atoms with Crippen molar-refractivity contribution in [2.45, 2.75) is 59.0 Å². The van der Waals surface area contributed by atoms with Gasteiger partial charge in [0.25, 0.3) is 0 Å². The summed E-state index contributed by atoms with van der Waals surface area (Å²) in [5.41, 5.74) is 16.0. The summed E-state index contributed by atoms with van der Waals surface area (Å²) in [5.74, 6) is 0.910. The minimum atomic E-state index is -0.569. The number of carbonyl (C=O) groups is 1. The Kier molecular flexibility index (Phi) is 8.00. The first-order valence-electron chi connectivity index (χ1n) is 12.9. The van der Waals surface area contributed by atoms with Gasteiger partial charge in [-0.3, -0.25) is 4.79 Å². The van der Waals surface area contributed by atoms with Crippen molar-refractivity contribution in [1.82, 2.24) is 4.90 Å². The van der Waals surface area contributed by atoms with E-state index in [1.54, 1.807) is 7.11 Å². The zero-order valence-electron chi connectivity index (χ0n) is 22.2. The number of nitrogens with one attached hydrogen (secondary N) is 1. The van der Waals surface area contributed by atoms with Crippen molar-refractivity contribution in [2.75, 3.05) is 25.5 Å². The fraction of sp³-hybridized carbons (Fsp3) is 0.387. The molecule has 0 radical (unpaired) electrons. The molecular weight excluding hydrogens is 446 g/mol. The van der Waals surface area contributed by atoms with Crippen LogP contribution in [0.25, 0.3) is 0 Å². The Labute approximate surface area is 215 Å². The summed E-state index contributed by atoms with van der Waals surface area (Å²) in [5, 5.41) is 3.52. The molecular formula is C31H39N3O2. The lowest BCUT2D eigenvalue weighted by Gasteiger charge is -2.37. The number of benzene rings is 3. The molecule has 2 atom stereocenters. The van der Waals surface area contributed by atoms with Crippen molar-refractivity contribution in [1.29, 1.82) is 0 Å². The number of likely N-dealkylation sites (N-methyl/N-ethyl adjacent to an activating group) is 1. The van der Waals surface area contributed by atoms with E-state index >= 15 is 0 Å². The summed E-state index contributed by atoms with van der Waals surface area (Å²) in [7, 11) is 1.71. The van der Waals surface area contributed by atoms with Crippen LogP contribution < -0.4 is 15.8 Å². The van der Waals surface area contributed by atoms with Gasteiger partial charge in [0.2, 0.25) is 5.91 Å². The minimum Gasteiger partial charge on any atom is -0.496 e. The van der Waals surface area contributed by atoms with Crippen molar-refractivity contribution >= 4 is 11.6 Å². The van der Waals surface area contributed by atoms with Gasteiger partial charge < -0.3 is 20.7 Å². The largest absolute Gasteiger partial charge is 0.496 e. The Morgan fingerprint density at radius 1 is 1.11 bits per heavy atom. The molecule has 0 fully saturated rings. The summed E-state index contributed by atoms with van der Waals surface area (Å²) in [4.78, 5) is 15.7. The number of nitrogens with two attached hydrogens (primary N) is 1. The monoisotopic (exact) mass is 485 g/mol. The fourth-order valence-electron chi connectivity index (χ4n) is 5.63. The Morgan fingerprint density at radius 3 is 2.53 bits per heavy atom. The molecule has 3 N–H and O–H groups in total. The Hall–Kier alpha value is -3.31. The molecule has 1 aliphatic rings. The highest BCUT2D eigenvalue weighted by molar-refractivity contribution is 5.83. The molecule has 0 aromatic heterocycles. The number of nitrogens with zero attached hydrogens (tertiary/aromatic N) is 1. The molecule has 0 spiro atoms. The van der Waals surface area contributed by atoms with Crippen LogP contribution >= 0.6 is 0 Å². The Morgan fingerprint density at radius 2 is 1.83 bits per heavy atom. The highest BCUT2D eigenvalue weighted by Gasteiger charge is 2.31. The molecule has 5 nitrogen and oxygen atoms in total. The second-order valence-corrected chi connectivity index (χ2v) is 9.95. The maximum Gasteiger partial charge on any atom is 0.240 e. The molecule has 0 saturated heterocycles. The summed E-state index contributed by atoms with van der Waals surface area (Å²) < 4.78 is 5.56. The number of hydrogen-bond acceptors (Lipinski definition) is 4. The van der Waals surface area contributed by atoms with Gasteiger partial charge in [0.15, 0.2) is 0 Å². The van der Waals surface area contributed by atoms with Crippen LogP contribution in [0.1, 0.15) is 58.3 Å². The molecule has 0 saturated carbocycles. The zero-order chi connectivity index (χ0) is 25.8. The van der Waals surface area contributed by atoms with Gasteiger partial charge in [0.05, 0.1) is 19.2 Å². The van der Waals surface area contributed by atoms with Gasteiger partial charge >= 0.3 is 0 Å². The molecule has 1 heterocycles. The average Bonchev–Trinajstić information content (AvgIpc) is 2.87. The minimum absolute atomic E-state index is 0.00244. The summed E-state index contributed by atoms with van der Waals surface area (Å²) in [6, 6.07) is 18.4. The first-order valence-corrected chi connectivity index (χ1v) is 12.9. The van der Waals surface area contributed by atoms with Gasteiger partial charge in [0, 0.05) is 25.2 Å². The van der Waals surface area contributed by atoms with Gasteiger partial charge in [-0.15, -0.1) is 0 Å². The van der Waals surface area contributed by atoms with Gasteiger partial charge in [-0.25, -0.2) is 0 Å². The van der Waals surface area contributed by atoms with Crippen molar-refractivity contribution < 1.29 is 9.53 Å². The second kappa shape index (κ2) is 11.2. The number of rotatable bonds is 8. The number of carbonyl (C=O) groups excluding carboxylic acids is 1. The predicted octanol–water partition coefficient (Wildman–Crippen LogP) is 5.49. The zero-order valence-corrected chi connectivity index (χ0v) is 22.2. The van der Waals surface area contributed by atoms with E-state index in [1.807, 2.05) is 30.0 Å². The summed E-state index contributed by atoms with van der Waals surface area (Å²) in [6.45, 7) is 9.82. The van der Waals surface area contributed by atoms with E-state index in [0.717, 1.165) is 36.4 Å². The fourth-order valence-corrected chi connectivity index (χ4v) is 5.63. The molecule has 190 valence electrons. The van der Waals surface area contributed by atoms with E-state index in [2.05, 4.69) is 62.5 Å². The van der Waals surface area contributed by atoms with E-state index in [1.165, 1.54) is 33.4 Å². The molecule has 3 aromatic rings. The third-order valence-corrected chi connectivity index (χ3v) is 7.38. The maximum atomic E-state index is 13.7.